The van der Waals surface area contributed by atoms with Crippen LogP contribution in [0.5, 0.6) is 0 Å². The van der Waals surface area contributed by atoms with Crippen LogP contribution in [0.25, 0.3) is 93.6 Å². The molecule has 0 N–H and O–H groups in total. The number of hydrogen-bond acceptors (Lipinski definition) is 2. The second-order valence-corrected chi connectivity index (χ2v) is 15.7. The number of anilines is 3. The average molecular weight is 779 g/mol. The highest BCUT2D eigenvalue weighted by Gasteiger charge is 2.20. The van der Waals surface area contributed by atoms with Gasteiger partial charge < -0.3 is 13.9 Å². The molecule has 0 bridgehead atoms. The highest BCUT2D eigenvalue weighted by Crippen LogP contribution is 2.45. The van der Waals surface area contributed by atoms with E-state index < -0.39 is 0 Å². The van der Waals surface area contributed by atoms with E-state index in [9.17, 15) is 0 Å². The van der Waals surface area contributed by atoms with Gasteiger partial charge in [0.25, 0.3) is 0 Å². The Morgan fingerprint density at radius 2 is 0.902 bits per heavy atom. The molecule has 12 aromatic rings. The van der Waals surface area contributed by atoms with Gasteiger partial charge in [-0.3, -0.25) is 0 Å². The molecule has 0 atom stereocenters. The summed E-state index contributed by atoms with van der Waals surface area (Å²) in [5.74, 6) is 0. The van der Waals surface area contributed by atoms with Gasteiger partial charge in [0.2, 0.25) is 0 Å². The van der Waals surface area contributed by atoms with Crippen molar-refractivity contribution in [1.29, 1.82) is 0 Å². The molecule has 12 rings (SSSR count). The van der Waals surface area contributed by atoms with E-state index in [1.807, 2.05) is 6.07 Å². The predicted octanol–water partition coefficient (Wildman–Crippen LogP) is 16.3. The van der Waals surface area contributed by atoms with E-state index in [1.165, 1.54) is 49.4 Å². The van der Waals surface area contributed by atoms with Gasteiger partial charge in [-0.1, -0.05) is 164 Å². The molecular formula is C58H38N2O. The molecule has 0 aliphatic rings. The number of hydrogen-bond donors (Lipinski definition) is 0. The third-order valence-electron chi connectivity index (χ3n) is 12.2. The largest absolute Gasteiger partial charge is 0.456 e. The molecule has 0 amide bonds. The van der Waals surface area contributed by atoms with Gasteiger partial charge in [-0.2, -0.15) is 0 Å². The van der Waals surface area contributed by atoms with Gasteiger partial charge in [-0.05, 0) is 105 Å². The Morgan fingerprint density at radius 1 is 0.328 bits per heavy atom. The quantitative estimate of drug-likeness (QED) is 0.161. The zero-order valence-electron chi connectivity index (χ0n) is 33.2. The molecule has 0 radical (unpaired) electrons. The summed E-state index contributed by atoms with van der Waals surface area (Å²) >= 11 is 0. The van der Waals surface area contributed by atoms with Crippen LogP contribution in [0.3, 0.4) is 0 Å². The Bertz CT molecular complexity index is 3540. The highest BCUT2D eigenvalue weighted by molar-refractivity contribution is 6.17. The van der Waals surface area contributed by atoms with Crippen molar-refractivity contribution < 1.29 is 4.42 Å². The van der Waals surface area contributed by atoms with Crippen molar-refractivity contribution in [2.75, 3.05) is 4.90 Å². The maximum atomic E-state index is 6.34. The Hall–Kier alpha value is -8.14. The van der Waals surface area contributed by atoms with Gasteiger partial charge in [0.1, 0.15) is 11.2 Å². The van der Waals surface area contributed by atoms with Crippen molar-refractivity contribution in [2.24, 2.45) is 0 Å². The van der Waals surface area contributed by atoms with Crippen LogP contribution >= 0.6 is 0 Å². The van der Waals surface area contributed by atoms with Crippen LogP contribution in [0, 0.1) is 0 Å². The molecule has 0 aliphatic heterocycles. The number of furan rings is 1. The summed E-state index contributed by atoms with van der Waals surface area (Å²) in [6.45, 7) is 0. The van der Waals surface area contributed by atoms with E-state index in [4.69, 9.17) is 4.42 Å². The molecule has 3 heteroatoms. The standard InChI is InChI=1S/C58H38N2O/c1-2-15-39(16-3-1)41-17-12-19-44(37-41)59(55-36-35-47(46-21-4-5-22-48(46)55)51-26-14-30-57-58(51)52-25-8-11-29-56(52)61-57)43-33-31-40(32-34-43)42-18-13-20-45(38-42)60-53-27-9-6-23-49(53)50-24-7-10-28-54(50)60/h1-38H. The minimum atomic E-state index is 0.895. The Labute approximate surface area is 353 Å². The lowest BCUT2D eigenvalue weighted by Gasteiger charge is -2.28. The zero-order chi connectivity index (χ0) is 40.3. The Morgan fingerprint density at radius 3 is 1.67 bits per heavy atom. The number of rotatable bonds is 7. The summed E-state index contributed by atoms with van der Waals surface area (Å²) in [7, 11) is 0. The summed E-state index contributed by atoms with van der Waals surface area (Å²) in [4.78, 5) is 2.41. The molecule has 0 saturated heterocycles. The second kappa shape index (κ2) is 14.3. The minimum Gasteiger partial charge on any atom is -0.456 e. The lowest BCUT2D eigenvalue weighted by Crippen LogP contribution is -2.10. The predicted molar refractivity (Wildman–Crippen MR) is 257 cm³/mol. The molecule has 3 nitrogen and oxygen atoms in total. The van der Waals surface area contributed by atoms with Crippen LogP contribution in [0.4, 0.5) is 17.1 Å². The van der Waals surface area contributed by atoms with E-state index >= 15 is 0 Å². The van der Waals surface area contributed by atoms with Crippen LogP contribution in [-0.2, 0) is 0 Å². The number of para-hydroxylation sites is 3. The monoisotopic (exact) mass is 778 g/mol. The highest BCUT2D eigenvalue weighted by atomic mass is 16.3. The number of nitrogens with zero attached hydrogens (tertiary/aromatic N) is 2. The van der Waals surface area contributed by atoms with Crippen molar-refractivity contribution in [3.05, 3.63) is 231 Å². The first-order chi connectivity index (χ1) is 30.3. The fourth-order valence-electron chi connectivity index (χ4n) is 9.42. The Balaban J connectivity index is 1.00. The van der Waals surface area contributed by atoms with Crippen molar-refractivity contribution in [3.8, 4) is 39.1 Å². The van der Waals surface area contributed by atoms with Gasteiger partial charge in [0.05, 0.1) is 16.7 Å². The fraction of sp³-hybridized carbons (Fsp3) is 0. The average Bonchev–Trinajstić information content (AvgIpc) is 3.89. The van der Waals surface area contributed by atoms with Gasteiger partial charge >= 0.3 is 0 Å². The minimum absolute atomic E-state index is 0.895. The van der Waals surface area contributed by atoms with E-state index in [1.54, 1.807) is 0 Å². The van der Waals surface area contributed by atoms with Gasteiger partial charge in [-0.25, -0.2) is 0 Å². The van der Waals surface area contributed by atoms with Gasteiger partial charge in [-0.15, -0.1) is 0 Å². The lowest BCUT2D eigenvalue weighted by atomic mass is 9.93. The smallest absolute Gasteiger partial charge is 0.136 e. The summed E-state index contributed by atoms with van der Waals surface area (Å²) in [5, 5.41) is 7.13. The van der Waals surface area contributed by atoms with Gasteiger partial charge in [0, 0.05) is 44.0 Å². The molecular weight excluding hydrogens is 741 g/mol. The first-order valence-electron chi connectivity index (χ1n) is 20.8. The number of benzene rings is 10. The molecule has 0 spiro atoms. The third-order valence-corrected chi connectivity index (χ3v) is 12.2. The van der Waals surface area contributed by atoms with Crippen LogP contribution in [-0.4, -0.2) is 4.57 Å². The van der Waals surface area contributed by atoms with Crippen LogP contribution in [0.15, 0.2) is 235 Å². The molecule has 0 aliphatic carbocycles. The maximum absolute atomic E-state index is 6.34. The van der Waals surface area contributed by atoms with E-state index in [2.05, 4.69) is 234 Å². The van der Waals surface area contributed by atoms with Crippen LogP contribution in [0.2, 0.25) is 0 Å². The first kappa shape index (κ1) is 34.9. The second-order valence-electron chi connectivity index (χ2n) is 15.7. The topological polar surface area (TPSA) is 21.3 Å². The molecule has 286 valence electrons. The normalized spacial score (nSPS) is 11.6. The number of fused-ring (bicyclic) bond motifs is 7. The summed E-state index contributed by atoms with van der Waals surface area (Å²) < 4.78 is 8.73. The Kier molecular flexibility index (Phi) is 8.17. The van der Waals surface area contributed by atoms with Crippen LogP contribution < -0.4 is 4.90 Å². The zero-order valence-corrected chi connectivity index (χ0v) is 33.2. The van der Waals surface area contributed by atoms with Crippen molar-refractivity contribution in [3.63, 3.8) is 0 Å². The fourth-order valence-corrected chi connectivity index (χ4v) is 9.42. The van der Waals surface area contributed by atoms with E-state index in [0.29, 0.717) is 0 Å². The summed E-state index contributed by atoms with van der Waals surface area (Å²) in [6.07, 6.45) is 0. The molecule has 61 heavy (non-hydrogen) atoms. The van der Waals surface area contributed by atoms with Crippen molar-refractivity contribution in [1.82, 2.24) is 4.57 Å². The van der Waals surface area contributed by atoms with Crippen molar-refractivity contribution >= 4 is 71.6 Å². The first-order valence-corrected chi connectivity index (χ1v) is 20.8. The van der Waals surface area contributed by atoms with Gasteiger partial charge in [0.15, 0.2) is 0 Å². The maximum Gasteiger partial charge on any atom is 0.136 e. The molecule has 10 aromatic carbocycles. The molecule has 2 heterocycles. The third kappa shape index (κ3) is 5.82. The van der Waals surface area contributed by atoms with E-state index in [-0.39, 0.29) is 0 Å². The van der Waals surface area contributed by atoms with E-state index in [0.717, 1.165) is 61.2 Å². The SMILES string of the molecule is c1ccc(-c2cccc(N(c3ccc(-c4cccc(-n5c6ccccc6c6ccccc65)c4)cc3)c3ccc(-c4cccc5oc6ccccc6c45)c4ccccc34)c2)cc1. The molecule has 0 fully saturated rings. The van der Waals surface area contributed by atoms with Crippen LogP contribution in [0.1, 0.15) is 0 Å². The van der Waals surface area contributed by atoms with Crippen molar-refractivity contribution in [2.45, 2.75) is 0 Å². The summed E-state index contributed by atoms with van der Waals surface area (Å²) in [5.41, 5.74) is 15.6. The number of aromatic nitrogens is 1. The molecule has 0 saturated carbocycles. The molecule has 0 unspecified atom stereocenters. The summed E-state index contributed by atoms with van der Waals surface area (Å²) in [6, 6.07) is 82.9. The lowest BCUT2D eigenvalue weighted by molar-refractivity contribution is 0.669. The molecule has 2 aromatic heterocycles.